The van der Waals surface area contributed by atoms with Crippen LogP contribution in [0.15, 0.2) is 30.5 Å². The highest BCUT2D eigenvalue weighted by molar-refractivity contribution is 5.71. The summed E-state index contributed by atoms with van der Waals surface area (Å²) in [5.74, 6) is 0.597. The molecule has 1 aromatic carbocycles. The Morgan fingerprint density at radius 1 is 1.43 bits per heavy atom. The number of nitro groups is 1. The Morgan fingerprint density at radius 2 is 2.14 bits per heavy atom. The summed E-state index contributed by atoms with van der Waals surface area (Å²) in [4.78, 5) is 26.6. The molecule has 21 heavy (non-hydrogen) atoms. The van der Waals surface area contributed by atoms with E-state index in [1.807, 2.05) is 6.92 Å². The van der Waals surface area contributed by atoms with E-state index in [0.717, 1.165) is 5.69 Å². The van der Waals surface area contributed by atoms with Crippen molar-refractivity contribution in [2.45, 2.75) is 26.9 Å². The number of rotatable bonds is 4. The largest absolute Gasteiger partial charge is 0.444 e. The van der Waals surface area contributed by atoms with Crippen molar-refractivity contribution in [2.24, 2.45) is 0 Å². The number of aryl methyl sites for hydroxylation is 2. The number of hydrogen-bond donors (Lipinski definition) is 0. The smallest absolute Gasteiger partial charge is 0.419 e. The van der Waals surface area contributed by atoms with Crippen LogP contribution in [0, 0.1) is 17.0 Å². The van der Waals surface area contributed by atoms with Crippen LogP contribution in [0.1, 0.15) is 24.0 Å². The van der Waals surface area contributed by atoms with Gasteiger partial charge in [-0.15, -0.1) is 0 Å². The SMILES string of the molecule is CCc1nc(C)cn1C(=O)OCc1ccccc1[N+](=O)[O-]. The van der Waals surface area contributed by atoms with Crippen molar-refractivity contribution < 1.29 is 14.5 Å². The summed E-state index contributed by atoms with van der Waals surface area (Å²) < 4.78 is 6.46. The zero-order valence-corrected chi connectivity index (χ0v) is 11.8. The lowest BCUT2D eigenvalue weighted by Crippen LogP contribution is -2.15. The number of nitro benzene ring substituents is 1. The minimum Gasteiger partial charge on any atom is -0.444 e. The summed E-state index contributed by atoms with van der Waals surface area (Å²) in [5, 5.41) is 10.9. The normalized spacial score (nSPS) is 10.4. The Balaban J connectivity index is 2.13. The van der Waals surface area contributed by atoms with Gasteiger partial charge in [-0.2, -0.15) is 0 Å². The number of ether oxygens (including phenoxy) is 1. The average Bonchev–Trinajstić information content (AvgIpc) is 2.86. The van der Waals surface area contributed by atoms with Gasteiger partial charge in [0.25, 0.3) is 5.69 Å². The molecule has 0 unspecified atom stereocenters. The second-order valence-corrected chi connectivity index (χ2v) is 4.46. The summed E-state index contributed by atoms with van der Waals surface area (Å²) >= 11 is 0. The zero-order chi connectivity index (χ0) is 15.4. The Hall–Kier alpha value is -2.70. The Bertz CT molecular complexity index is 679. The molecular formula is C14H15N3O4. The van der Waals surface area contributed by atoms with E-state index in [0.29, 0.717) is 17.8 Å². The molecule has 2 rings (SSSR count). The molecular weight excluding hydrogens is 274 g/mol. The fraction of sp³-hybridized carbons (Fsp3) is 0.286. The molecule has 0 saturated heterocycles. The summed E-state index contributed by atoms with van der Waals surface area (Å²) in [5.41, 5.74) is 1.00. The van der Waals surface area contributed by atoms with Crippen molar-refractivity contribution in [1.29, 1.82) is 0 Å². The molecule has 1 heterocycles. The molecule has 0 saturated carbocycles. The maximum Gasteiger partial charge on any atom is 0.419 e. The third-order valence-corrected chi connectivity index (χ3v) is 2.95. The van der Waals surface area contributed by atoms with Crippen molar-refractivity contribution >= 4 is 11.8 Å². The van der Waals surface area contributed by atoms with E-state index >= 15 is 0 Å². The number of carbonyl (C=O) groups is 1. The fourth-order valence-electron chi connectivity index (χ4n) is 1.98. The molecule has 0 aliphatic carbocycles. The van der Waals surface area contributed by atoms with Crippen LogP contribution in [0.5, 0.6) is 0 Å². The predicted molar refractivity (Wildman–Crippen MR) is 75.0 cm³/mol. The third-order valence-electron chi connectivity index (χ3n) is 2.95. The minimum atomic E-state index is -0.592. The number of nitrogens with zero attached hydrogens (tertiary/aromatic N) is 3. The maximum atomic E-state index is 12.0. The molecule has 7 heteroatoms. The maximum absolute atomic E-state index is 12.0. The number of para-hydroxylation sites is 1. The number of aromatic nitrogens is 2. The van der Waals surface area contributed by atoms with E-state index in [9.17, 15) is 14.9 Å². The fourth-order valence-corrected chi connectivity index (χ4v) is 1.98. The lowest BCUT2D eigenvalue weighted by Gasteiger charge is -2.07. The summed E-state index contributed by atoms with van der Waals surface area (Å²) in [6.45, 7) is 3.51. The Labute approximate surface area is 121 Å². The predicted octanol–water partition coefficient (Wildman–Crippen LogP) is 2.85. The second-order valence-electron chi connectivity index (χ2n) is 4.46. The molecule has 110 valence electrons. The molecule has 2 aromatic rings. The molecule has 0 atom stereocenters. The first-order valence-corrected chi connectivity index (χ1v) is 6.47. The molecule has 0 N–H and O–H groups in total. The highest BCUT2D eigenvalue weighted by Gasteiger charge is 2.16. The lowest BCUT2D eigenvalue weighted by molar-refractivity contribution is -0.385. The van der Waals surface area contributed by atoms with Gasteiger partial charge in [-0.05, 0) is 13.0 Å². The van der Waals surface area contributed by atoms with Crippen LogP contribution in [-0.2, 0) is 17.8 Å². The third kappa shape index (κ3) is 3.25. The van der Waals surface area contributed by atoms with Crippen LogP contribution in [0.3, 0.4) is 0 Å². The van der Waals surface area contributed by atoms with Crippen molar-refractivity contribution in [3.05, 3.63) is 57.7 Å². The molecule has 0 spiro atoms. The van der Waals surface area contributed by atoms with E-state index in [1.54, 1.807) is 31.3 Å². The van der Waals surface area contributed by atoms with Gasteiger partial charge in [0, 0.05) is 18.7 Å². The quantitative estimate of drug-likeness (QED) is 0.638. The number of hydrogen-bond acceptors (Lipinski definition) is 5. The standard InChI is InChI=1S/C14H15N3O4/c1-3-13-15-10(2)8-16(13)14(18)21-9-11-6-4-5-7-12(11)17(19)20/h4-8H,3,9H2,1-2H3. The van der Waals surface area contributed by atoms with Crippen LogP contribution in [0.25, 0.3) is 0 Å². The first kappa shape index (κ1) is 14.7. The molecule has 1 aromatic heterocycles. The average molecular weight is 289 g/mol. The molecule has 0 radical (unpaired) electrons. The van der Waals surface area contributed by atoms with Crippen LogP contribution >= 0.6 is 0 Å². The van der Waals surface area contributed by atoms with Gasteiger partial charge in [-0.25, -0.2) is 14.3 Å². The van der Waals surface area contributed by atoms with Crippen molar-refractivity contribution in [1.82, 2.24) is 9.55 Å². The van der Waals surface area contributed by atoms with Gasteiger partial charge in [-0.3, -0.25) is 10.1 Å². The van der Waals surface area contributed by atoms with E-state index in [-0.39, 0.29) is 12.3 Å². The van der Waals surface area contributed by atoms with Crippen LogP contribution in [0.2, 0.25) is 0 Å². The van der Waals surface area contributed by atoms with E-state index in [4.69, 9.17) is 4.74 Å². The first-order chi connectivity index (χ1) is 10.0. The van der Waals surface area contributed by atoms with Crippen molar-refractivity contribution in [3.8, 4) is 0 Å². The molecule has 0 bridgehead atoms. The zero-order valence-electron chi connectivity index (χ0n) is 11.8. The van der Waals surface area contributed by atoms with Crippen LogP contribution in [0.4, 0.5) is 10.5 Å². The summed E-state index contributed by atoms with van der Waals surface area (Å²) in [7, 11) is 0. The van der Waals surface area contributed by atoms with Gasteiger partial charge in [0.05, 0.1) is 16.2 Å². The Kier molecular flexibility index (Phi) is 4.32. The number of carbonyl (C=O) groups excluding carboxylic acids is 1. The van der Waals surface area contributed by atoms with Gasteiger partial charge >= 0.3 is 6.09 Å². The van der Waals surface area contributed by atoms with Crippen molar-refractivity contribution in [3.63, 3.8) is 0 Å². The molecule has 0 amide bonds. The second kappa shape index (κ2) is 6.17. The number of benzene rings is 1. The molecule has 0 aliphatic rings. The highest BCUT2D eigenvalue weighted by Crippen LogP contribution is 2.18. The monoisotopic (exact) mass is 289 g/mol. The minimum absolute atomic E-state index is 0.0668. The van der Waals surface area contributed by atoms with Crippen molar-refractivity contribution in [2.75, 3.05) is 0 Å². The van der Waals surface area contributed by atoms with E-state index in [2.05, 4.69) is 4.98 Å². The van der Waals surface area contributed by atoms with Gasteiger partial charge in [0.15, 0.2) is 0 Å². The van der Waals surface area contributed by atoms with Gasteiger partial charge in [0.1, 0.15) is 12.4 Å². The van der Waals surface area contributed by atoms with Crippen LogP contribution < -0.4 is 0 Å². The van der Waals surface area contributed by atoms with Gasteiger partial charge < -0.3 is 4.74 Å². The highest BCUT2D eigenvalue weighted by atomic mass is 16.6. The molecule has 0 aliphatic heterocycles. The molecule has 7 nitrogen and oxygen atoms in total. The number of imidazole rings is 1. The van der Waals surface area contributed by atoms with E-state index < -0.39 is 11.0 Å². The van der Waals surface area contributed by atoms with Crippen LogP contribution in [-0.4, -0.2) is 20.6 Å². The topological polar surface area (TPSA) is 87.3 Å². The lowest BCUT2D eigenvalue weighted by atomic mass is 10.2. The summed E-state index contributed by atoms with van der Waals surface area (Å²) in [6, 6.07) is 6.17. The molecule has 0 fully saturated rings. The van der Waals surface area contributed by atoms with Gasteiger partial charge in [-0.1, -0.05) is 19.1 Å². The van der Waals surface area contributed by atoms with E-state index in [1.165, 1.54) is 10.6 Å². The first-order valence-electron chi connectivity index (χ1n) is 6.47. The van der Waals surface area contributed by atoms with Gasteiger partial charge in [0.2, 0.25) is 0 Å². The summed E-state index contributed by atoms with van der Waals surface area (Å²) in [6.07, 6.45) is 1.58. The Morgan fingerprint density at radius 3 is 2.81 bits per heavy atom.